The van der Waals surface area contributed by atoms with Gasteiger partial charge in [-0.05, 0) is 37.5 Å². The summed E-state index contributed by atoms with van der Waals surface area (Å²) < 4.78 is 35.4. The maximum atomic E-state index is 12.4. The Kier molecular flexibility index (Phi) is 8.47. The first-order valence-electron chi connectivity index (χ1n) is 7.42. The van der Waals surface area contributed by atoms with Crippen molar-refractivity contribution in [2.45, 2.75) is 46.5 Å². The Morgan fingerprint density at radius 3 is 2.61 bits per heavy atom. The van der Waals surface area contributed by atoms with E-state index in [1.807, 2.05) is 0 Å². The molecule has 23 heavy (non-hydrogen) atoms. The van der Waals surface area contributed by atoms with Gasteiger partial charge in [-0.1, -0.05) is 29.8 Å². The number of carbonyl (C=O) groups excluding carboxylic acids is 1. The SMILES string of the molecule is CC(C)CCOC(C)C(=O)NCc1cc(Br)ccc1OC(F)F. The van der Waals surface area contributed by atoms with E-state index in [1.54, 1.807) is 19.1 Å². The number of rotatable bonds is 9. The Bertz CT molecular complexity index is 512. The number of ether oxygens (including phenoxy) is 2. The Morgan fingerprint density at radius 2 is 2.00 bits per heavy atom. The van der Waals surface area contributed by atoms with Crippen molar-refractivity contribution in [3.63, 3.8) is 0 Å². The zero-order valence-corrected chi connectivity index (χ0v) is 15.0. The molecule has 0 aliphatic heterocycles. The summed E-state index contributed by atoms with van der Waals surface area (Å²) in [6, 6.07) is 4.66. The minimum Gasteiger partial charge on any atom is -0.434 e. The molecule has 1 atom stereocenters. The van der Waals surface area contributed by atoms with Crippen molar-refractivity contribution >= 4 is 21.8 Å². The van der Waals surface area contributed by atoms with Gasteiger partial charge in [-0.2, -0.15) is 8.78 Å². The van der Waals surface area contributed by atoms with Gasteiger partial charge in [0, 0.05) is 23.2 Å². The van der Waals surface area contributed by atoms with Gasteiger partial charge in [-0.25, -0.2) is 0 Å². The predicted molar refractivity (Wildman–Crippen MR) is 87.5 cm³/mol. The molecule has 0 aliphatic rings. The molecule has 0 saturated heterocycles. The molecular formula is C16H22BrF2NO3. The standard InChI is InChI=1S/C16H22BrF2NO3/c1-10(2)6-7-22-11(3)15(21)20-9-12-8-13(17)4-5-14(12)23-16(18)19/h4-5,8,10-11,16H,6-7,9H2,1-3H3,(H,20,21). The second-order valence-corrected chi connectivity index (χ2v) is 6.46. The van der Waals surface area contributed by atoms with Gasteiger partial charge < -0.3 is 14.8 Å². The fraction of sp³-hybridized carbons (Fsp3) is 0.562. The highest BCUT2D eigenvalue weighted by Gasteiger charge is 2.15. The molecular weight excluding hydrogens is 372 g/mol. The number of hydrogen-bond donors (Lipinski definition) is 1. The summed E-state index contributed by atoms with van der Waals surface area (Å²) in [5.41, 5.74) is 0.461. The van der Waals surface area contributed by atoms with Crippen molar-refractivity contribution < 1.29 is 23.0 Å². The summed E-state index contributed by atoms with van der Waals surface area (Å²) in [4.78, 5) is 12.0. The molecule has 0 spiro atoms. The number of alkyl halides is 2. The molecule has 0 aliphatic carbocycles. The largest absolute Gasteiger partial charge is 0.434 e. The topological polar surface area (TPSA) is 47.6 Å². The van der Waals surface area contributed by atoms with E-state index >= 15 is 0 Å². The van der Waals surface area contributed by atoms with Crippen LogP contribution in [-0.2, 0) is 16.1 Å². The van der Waals surface area contributed by atoms with Crippen LogP contribution in [0.1, 0.15) is 32.8 Å². The van der Waals surface area contributed by atoms with Crippen molar-refractivity contribution in [2.75, 3.05) is 6.61 Å². The van der Waals surface area contributed by atoms with E-state index in [4.69, 9.17) is 4.74 Å². The van der Waals surface area contributed by atoms with Gasteiger partial charge in [-0.3, -0.25) is 4.79 Å². The van der Waals surface area contributed by atoms with Crippen LogP contribution in [0.4, 0.5) is 8.78 Å². The monoisotopic (exact) mass is 393 g/mol. The summed E-state index contributed by atoms with van der Waals surface area (Å²) in [5.74, 6) is 0.245. The first kappa shape index (κ1) is 19.8. The molecule has 0 fully saturated rings. The van der Waals surface area contributed by atoms with Crippen LogP contribution >= 0.6 is 15.9 Å². The number of hydrogen-bond acceptors (Lipinski definition) is 3. The van der Waals surface area contributed by atoms with E-state index < -0.39 is 12.7 Å². The average Bonchev–Trinajstić information content (AvgIpc) is 2.46. The van der Waals surface area contributed by atoms with Gasteiger partial charge in [0.1, 0.15) is 11.9 Å². The maximum absolute atomic E-state index is 12.4. The minimum absolute atomic E-state index is 0.0388. The molecule has 0 radical (unpaired) electrons. The summed E-state index contributed by atoms with van der Waals surface area (Å²) >= 11 is 3.27. The highest BCUT2D eigenvalue weighted by molar-refractivity contribution is 9.10. The zero-order valence-electron chi connectivity index (χ0n) is 13.4. The summed E-state index contributed by atoms with van der Waals surface area (Å²) in [7, 11) is 0. The van der Waals surface area contributed by atoms with Gasteiger partial charge in [0.15, 0.2) is 0 Å². The number of halogens is 3. The molecule has 4 nitrogen and oxygen atoms in total. The smallest absolute Gasteiger partial charge is 0.387 e. The predicted octanol–water partition coefficient (Wildman–Crippen LogP) is 4.12. The summed E-state index contributed by atoms with van der Waals surface area (Å²) in [5, 5.41) is 2.67. The molecule has 0 aromatic heterocycles. The lowest BCUT2D eigenvalue weighted by molar-refractivity contribution is -0.132. The van der Waals surface area contributed by atoms with E-state index in [0.29, 0.717) is 22.6 Å². The van der Waals surface area contributed by atoms with E-state index in [9.17, 15) is 13.6 Å². The molecule has 1 unspecified atom stereocenters. The van der Waals surface area contributed by atoms with Gasteiger partial charge in [0.25, 0.3) is 0 Å². The highest BCUT2D eigenvalue weighted by Crippen LogP contribution is 2.24. The molecule has 0 heterocycles. The van der Waals surface area contributed by atoms with E-state index in [2.05, 4.69) is 39.8 Å². The van der Waals surface area contributed by atoms with Crippen LogP contribution in [0.25, 0.3) is 0 Å². The first-order chi connectivity index (χ1) is 10.8. The van der Waals surface area contributed by atoms with Crippen molar-refractivity contribution in [3.05, 3.63) is 28.2 Å². The number of benzene rings is 1. The molecule has 1 aromatic carbocycles. The van der Waals surface area contributed by atoms with Crippen molar-refractivity contribution in [1.29, 1.82) is 0 Å². The molecule has 1 N–H and O–H groups in total. The molecule has 130 valence electrons. The van der Waals surface area contributed by atoms with Gasteiger partial charge >= 0.3 is 6.61 Å². The van der Waals surface area contributed by atoms with Crippen molar-refractivity contribution in [3.8, 4) is 5.75 Å². The normalized spacial score (nSPS) is 12.5. The van der Waals surface area contributed by atoms with E-state index in [1.165, 1.54) is 6.07 Å². The van der Waals surface area contributed by atoms with E-state index in [0.717, 1.165) is 6.42 Å². The van der Waals surface area contributed by atoms with Crippen molar-refractivity contribution in [2.24, 2.45) is 5.92 Å². The lowest BCUT2D eigenvalue weighted by Gasteiger charge is -2.16. The molecule has 0 saturated carbocycles. The third kappa shape index (κ3) is 7.74. The molecule has 1 rings (SSSR count). The van der Waals surface area contributed by atoms with Gasteiger partial charge in [0.2, 0.25) is 5.91 Å². The fourth-order valence-corrected chi connectivity index (χ4v) is 2.19. The number of nitrogens with one attached hydrogen (secondary N) is 1. The molecule has 1 amide bonds. The Labute approximate surface area is 143 Å². The van der Waals surface area contributed by atoms with Crippen molar-refractivity contribution in [1.82, 2.24) is 5.32 Å². The lowest BCUT2D eigenvalue weighted by atomic mass is 10.1. The van der Waals surface area contributed by atoms with Crippen LogP contribution in [0, 0.1) is 5.92 Å². The van der Waals surface area contributed by atoms with Crippen LogP contribution < -0.4 is 10.1 Å². The Hall–Kier alpha value is -1.21. The quantitative estimate of drug-likeness (QED) is 0.686. The van der Waals surface area contributed by atoms with Gasteiger partial charge in [-0.15, -0.1) is 0 Å². The second-order valence-electron chi connectivity index (χ2n) is 5.54. The third-order valence-corrected chi connectivity index (χ3v) is 3.62. The van der Waals surface area contributed by atoms with Crippen LogP contribution in [-0.4, -0.2) is 25.2 Å². The van der Waals surface area contributed by atoms with Gasteiger partial charge in [0.05, 0.1) is 0 Å². The molecule has 1 aromatic rings. The van der Waals surface area contributed by atoms with Crippen LogP contribution in [0.15, 0.2) is 22.7 Å². The number of amides is 1. The number of carbonyl (C=O) groups is 1. The first-order valence-corrected chi connectivity index (χ1v) is 8.21. The minimum atomic E-state index is -2.91. The molecule has 7 heteroatoms. The van der Waals surface area contributed by atoms with Crippen LogP contribution in [0.2, 0.25) is 0 Å². The fourth-order valence-electron chi connectivity index (χ4n) is 1.78. The maximum Gasteiger partial charge on any atom is 0.387 e. The average molecular weight is 394 g/mol. The second kappa shape index (κ2) is 9.82. The molecule has 0 bridgehead atoms. The van der Waals surface area contributed by atoms with E-state index in [-0.39, 0.29) is 18.2 Å². The zero-order chi connectivity index (χ0) is 17.4. The van der Waals surface area contributed by atoms with Crippen LogP contribution in [0.3, 0.4) is 0 Å². The Balaban J connectivity index is 2.56. The third-order valence-electron chi connectivity index (χ3n) is 3.12. The van der Waals surface area contributed by atoms with Crippen LogP contribution in [0.5, 0.6) is 5.75 Å². The Morgan fingerprint density at radius 1 is 1.30 bits per heavy atom. The summed E-state index contributed by atoms with van der Waals surface area (Å²) in [6.45, 7) is 3.48. The highest BCUT2D eigenvalue weighted by atomic mass is 79.9. The lowest BCUT2D eigenvalue weighted by Crippen LogP contribution is -2.34. The summed E-state index contributed by atoms with van der Waals surface area (Å²) in [6.07, 6.45) is 0.274.